The molecule has 0 saturated carbocycles. The van der Waals surface area contributed by atoms with E-state index in [-0.39, 0.29) is 17.2 Å². The number of nitrogens with zero attached hydrogens (tertiary/aromatic N) is 2. The minimum absolute atomic E-state index is 0.0456. The molecule has 2 aromatic rings. The number of nitrogens with one attached hydrogen (secondary N) is 1. The van der Waals surface area contributed by atoms with Gasteiger partial charge >= 0.3 is 0 Å². The van der Waals surface area contributed by atoms with E-state index < -0.39 is 0 Å². The Morgan fingerprint density at radius 1 is 1.10 bits per heavy atom. The highest BCUT2D eigenvalue weighted by atomic mass is 32.1. The van der Waals surface area contributed by atoms with Crippen LogP contribution in [0.25, 0.3) is 0 Å². The molecule has 0 radical (unpaired) electrons. The number of aromatic nitrogens is 1. The number of rotatable bonds is 1. The number of hydrogen-bond acceptors (Lipinski definition) is 5. The second kappa shape index (κ2) is 9.60. The van der Waals surface area contributed by atoms with Crippen molar-refractivity contribution in [2.24, 2.45) is 5.41 Å². The zero-order valence-electron chi connectivity index (χ0n) is 17.3. The van der Waals surface area contributed by atoms with Crippen molar-refractivity contribution >= 4 is 23.2 Å². The van der Waals surface area contributed by atoms with Crippen LogP contribution in [0.3, 0.4) is 0 Å². The topological polar surface area (TPSA) is 71.5 Å². The molecule has 0 unspecified atom stereocenters. The quantitative estimate of drug-likeness (QED) is 0.743. The zero-order chi connectivity index (χ0) is 20.8. The fourth-order valence-electron chi connectivity index (χ4n) is 4.46. The first kappa shape index (κ1) is 20.8. The fourth-order valence-corrected chi connectivity index (χ4v) is 5.04. The molecule has 1 spiro atoms. The van der Waals surface area contributed by atoms with Crippen molar-refractivity contribution in [3.8, 4) is 5.75 Å². The molecule has 2 aliphatic rings. The predicted octanol–water partition coefficient (Wildman–Crippen LogP) is 4.14. The number of para-hydroxylation sites is 1. The predicted molar refractivity (Wildman–Crippen MR) is 117 cm³/mol. The number of benzene rings is 1. The Labute approximate surface area is 181 Å². The molecule has 0 atom stereocenters. The van der Waals surface area contributed by atoms with Gasteiger partial charge in [-0.1, -0.05) is 31.4 Å². The van der Waals surface area contributed by atoms with Gasteiger partial charge in [0.15, 0.2) is 0 Å². The summed E-state index contributed by atoms with van der Waals surface area (Å²) >= 11 is 1.39. The summed E-state index contributed by atoms with van der Waals surface area (Å²) in [6.45, 7) is 2.74. The van der Waals surface area contributed by atoms with Crippen molar-refractivity contribution in [3.05, 3.63) is 46.4 Å². The second-order valence-corrected chi connectivity index (χ2v) is 9.24. The van der Waals surface area contributed by atoms with Crippen molar-refractivity contribution in [2.45, 2.75) is 44.9 Å². The Morgan fingerprint density at radius 3 is 2.70 bits per heavy atom. The molecule has 6 nitrogen and oxygen atoms in total. The molecule has 1 aromatic heterocycles. The van der Waals surface area contributed by atoms with E-state index in [9.17, 15) is 9.59 Å². The average Bonchev–Trinajstić information content (AvgIpc) is 3.32. The smallest absolute Gasteiger partial charge is 0.265 e. The van der Waals surface area contributed by atoms with Crippen LogP contribution in [0.15, 0.2) is 36.0 Å². The van der Waals surface area contributed by atoms with E-state index >= 15 is 0 Å². The summed E-state index contributed by atoms with van der Waals surface area (Å²) in [6, 6.07) is 7.47. The molecule has 3 heterocycles. The van der Waals surface area contributed by atoms with Crippen LogP contribution in [0.5, 0.6) is 5.75 Å². The van der Waals surface area contributed by atoms with Crippen molar-refractivity contribution in [1.82, 2.24) is 15.2 Å². The lowest BCUT2D eigenvalue weighted by molar-refractivity contribution is 0.0540. The summed E-state index contributed by atoms with van der Waals surface area (Å²) in [5.74, 6) is 0.660. The Morgan fingerprint density at radius 2 is 1.90 bits per heavy atom. The maximum absolute atomic E-state index is 12.9. The van der Waals surface area contributed by atoms with Gasteiger partial charge in [-0.2, -0.15) is 0 Å². The highest BCUT2D eigenvalue weighted by Crippen LogP contribution is 2.37. The summed E-state index contributed by atoms with van der Waals surface area (Å²) in [4.78, 5) is 32.2. The number of piperidine rings is 1. The second-order valence-electron chi connectivity index (χ2n) is 8.35. The summed E-state index contributed by atoms with van der Waals surface area (Å²) in [7, 11) is 0. The molecule has 2 amide bonds. The Balaban J connectivity index is 1.45. The standard InChI is InChI=1S/C23H29N3O3S/c27-21-18-7-3-4-8-19(18)29-14-6-2-1-5-9-23(16-25-21)10-12-26(13-11-23)22(28)20-15-24-17-30-20/h3-4,7-8,15,17H,1-2,5-6,9-14,16H2,(H,25,27). The maximum Gasteiger partial charge on any atom is 0.265 e. The number of carbonyl (C=O) groups excluding carboxylic acids is 2. The van der Waals surface area contributed by atoms with Crippen molar-refractivity contribution in [1.29, 1.82) is 0 Å². The number of carbonyl (C=O) groups is 2. The molecule has 160 valence electrons. The van der Waals surface area contributed by atoms with Crippen LogP contribution >= 0.6 is 11.3 Å². The molecule has 1 aromatic carbocycles. The lowest BCUT2D eigenvalue weighted by Crippen LogP contribution is -2.48. The van der Waals surface area contributed by atoms with Crippen molar-refractivity contribution < 1.29 is 14.3 Å². The Bertz CT molecular complexity index is 860. The first-order valence-corrected chi connectivity index (χ1v) is 11.7. The van der Waals surface area contributed by atoms with Gasteiger partial charge in [0.25, 0.3) is 11.8 Å². The van der Waals surface area contributed by atoms with Gasteiger partial charge in [0, 0.05) is 19.6 Å². The monoisotopic (exact) mass is 427 g/mol. The number of likely N-dealkylation sites (tertiary alicyclic amines) is 1. The van der Waals surface area contributed by atoms with Gasteiger partial charge in [-0.25, -0.2) is 0 Å². The van der Waals surface area contributed by atoms with Crippen LogP contribution < -0.4 is 10.1 Å². The van der Waals surface area contributed by atoms with E-state index in [1.54, 1.807) is 11.7 Å². The van der Waals surface area contributed by atoms with Crippen LogP contribution in [-0.2, 0) is 0 Å². The third kappa shape index (κ3) is 4.83. The maximum atomic E-state index is 12.9. The van der Waals surface area contributed by atoms with Gasteiger partial charge in [-0.05, 0) is 43.2 Å². The van der Waals surface area contributed by atoms with Crippen LogP contribution in [-0.4, -0.2) is 47.9 Å². The molecule has 2 aliphatic heterocycles. The van der Waals surface area contributed by atoms with Gasteiger partial charge in [0.05, 0.1) is 23.9 Å². The Kier molecular flexibility index (Phi) is 6.67. The van der Waals surface area contributed by atoms with Gasteiger partial charge in [-0.3, -0.25) is 14.6 Å². The van der Waals surface area contributed by atoms with Crippen molar-refractivity contribution in [2.75, 3.05) is 26.2 Å². The first-order valence-electron chi connectivity index (χ1n) is 10.8. The fraction of sp³-hybridized carbons (Fsp3) is 0.522. The first-order chi connectivity index (χ1) is 14.7. The van der Waals surface area contributed by atoms with Gasteiger partial charge in [0.1, 0.15) is 10.6 Å². The molecule has 0 bridgehead atoms. The van der Waals surface area contributed by atoms with E-state index in [1.165, 1.54) is 17.8 Å². The molecule has 30 heavy (non-hydrogen) atoms. The largest absolute Gasteiger partial charge is 0.493 e. The third-order valence-electron chi connectivity index (χ3n) is 6.37. The minimum atomic E-state index is -0.0765. The normalized spacial score (nSPS) is 20.1. The lowest BCUT2D eigenvalue weighted by atomic mass is 9.74. The molecule has 7 heteroatoms. The molecule has 1 saturated heterocycles. The van der Waals surface area contributed by atoms with E-state index in [4.69, 9.17) is 4.74 Å². The zero-order valence-corrected chi connectivity index (χ0v) is 18.1. The molecule has 1 N–H and O–H groups in total. The number of hydrogen-bond donors (Lipinski definition) is 1. The summed E-state index contributed by atoms with van der Waals surface area (Å²) in [5.41, 5.74) is 2.35. The Hall–Kier alpha value is -2.41. The molecular formula is C23H29N3O3S. The summed E-state index contributed by atoms with van der Waals surface area (Å²) in [6.07, 6.45) is 9.01. The summed E-state index contributed by atoms with van der Waals surface area (Å²) < 4.78 is 5.88. The highest BCUT2D eigenvalue weighted by Gasteiger charge is 2.36. The molecular weight excluding hydrogens is 398 g/mol. The lowest BCUT2D eigenvalue weighted by Gasteiger charge is -2.42. The minimum Gasteiger partial charge on any atom is -0.493 e. The van der Waals surface area contributed by atoms with Gasteiger partial charge in [0.2, 0.25) is 0 Å². The van der Waals surface area contributed by atoms with E-state index in [0.717, 1.165) is 51.6 Å². The average molecular weight is 428 g/mol. The number of thiazole rings is 1. The number of amides is 2. The van der Waals surface area contributed by atoms with Crippen LogP contribution in [0.2, 0.25) is 0 Å². The van der Waals surface area contributed by atoms with Gasteiger partial charge in [-0.15, -0.1) is 11.3 Å². The van der Waals surface area contributed by atoms with E-state index in [0.29, 0.717) is 29.3 Å². The third-order valence-corrected chi connectivity index (χ3v) is 7.13. The highest BCUT2D eigenvalue weighted by molar-refractivity contribution is 7.11. The molecule has 1 fully saturated rings. The van der Waals surface area contributed by atoms with Crippen LogP contribution in [0, 0.1) is 5.41 Å². The van der Waals surface area contributed by atoms with Gasteiger partial charge < -0.3 is 15.0 Å². The van der Waals surface area contributed by atoms with E-state index in [2.05, 4.69) is 10.3 Å². The SMILES string of the molecule is O=C1NCC2(CCCCCCOc3ccccc31)CCN(C(=O)c1cncs1)CC2. The van der Waals surface area contributed by atoms with Crippen molar-refractivity contribution in [3.63, 3.8) is 0 Å². The van der Waals surface area contributed by atoms with Crippen LogP contribution in [0.1, 0.15) is 65.0 Å². The van der Waals surface area contributed by atoms with Crippen LogP contribution in [0.4, 0.5) is 0 Å². The summed E-state index contributed by atoms with van der Waals surface area (Å²) in [5, 5.41) is 3.18. The number of fused-ring (bicyclic) bond motifs is 1. The molecule has 0 aliphatic carbocycles. The molecule has 4 rings (SSSR count). The van der Waals surface area contributed by atoms with E-state index in [1.807, 2.05) is 29.2 Å². The number of ether oxygens (including phenoxy) is 1.